The highest BCUT2D eigenvalue weighted by atomic mass is 16.6. The van der Waals surface area contributed by atoms with Crippen LogP contribution >= 0.6 is 0 Å². The summed E-state index contributed by atoms with van der Waals surface area (Å²) in [5.41, 5.74) is 1.56. The van der Waals surface area contributed by atoms with E-state index >= 15 is 0 Å². The molecule has 1 aromatic rings. The molecule has 0 aromatic heterocycles. The second kappa shape index (κ2) is 10.0. The third-order valence-electron chi connectivity index (χ3n) is 5.27. The number of anilines is 1. The van der Waals surface area contributed by atoms with Gasteiger partial charge in [-0.3, -0.25) is 9.79 Å². The van der Waals surface area contributed by atoms with Crippen molar-refractivity contribution < 1.29 is 14.3 Å². The highest BCUT2D eigenvalue weighted by Gasteiger charge is 2.34. The Hall–Kier alpha value is -2.77. The maximum atomic E-state index is 12.4. The van der Waals surface area contributed by atoms with Gasteiger partial charge in [-0.25, -0.2) is 4.79 Å². The molecule has 1 aliphatic heterocycles. The van der Waals surface area contributed by atoms with E-state index in [0.717, 1.165) is 37.1 Å². The molecule has 3 rings (SSSR count). The molecule has 8 nitrogen and oxygen atoms in total. The topological polar surface area (TPSA) is 86.3 Å². The molecule has 1 heterocycles. The average molecular weight is 430 g/mol. The number of hydrogen-bond donors (Lipinski definition) is 2. The first-order valence-corrected chi connectivity index (χ1v) is 11.1. The quantitative estimate of drug-likeness (QED) is 0.514. The van der Waals surface area contributed by atoms with E-state index in [-0.39, 0.29) is 18.0 Å². The summed E-state index contributed by atoms with van der Waals surface area (Å²) in [5.74, 6) is 0.876. The van der Waals surface area contributed by atoms with Crippen LogP contribution in [0.15, 0.2) is 29.3 Å². The van der Waals surface area contributed by atoms with Crippen molar-refractivity contribution in [3.63, 3.8) is 0 Å². The van der Waals surface area contributed by atoms with Crippen LogP contribution in [0.1, 0.15) is 52.0 Å². The molecule has 2 aliphatic rings. The fourth-order valence-corrected chi connectivity index (χ4v) is 3.55. The molecule has 1 aromatic carbocycles. The first kappa shape index (κ1) is 22.9. The van der Waals surface area contributed by atoms with Crippen LogP contribution in [0.4, 0.5) is 10.5 Å². The molecule has 1 saturated carbocycles. The van der Waals surface area contributed by atoms with Crippen LogP contribution in [-0.2, 0) is 16.1 Å². The summed E-state index contributed by atoms with van der Waals surface area (Å²) in [6.45, 7) is 8.23. The van der Waals surface area contributed by atoms with Gasteiger partial charge in [0.25, 0.3) is 0 Å². The molecule has 2 fully saturated rings. The van der Waals surface area contributed by atoms with Crippen molar-refractivity contribution in [1.82, 2.24) is 15.5 Å². The van der Waals surface area contributed by atoms with Gasteiger partial charge in [0, 0.05) is 51.4 Å². The Morgan fingerprint density at radius 1 is 1.23 bits per heavy atom. The molecule has 2 amide bonds. The van der Waals surface area contributed by atoms with Crippen LogP contribution in [0.3, 0.4) is 0 Å². The Labute approximate surface area is 185 Å². The number of hydrogen-bond acceptors (Lipinski definition) is 4. The monoisotopic (exact) mass is 429 g/mol. The van der Waals surface area contributed by atoms with Gasteiger partial charge in [0.2, 0.25) is 5.91 Å². The Balaban J connectivity index is 1.44. The third-order valence-corrected chi connectivity index (χ3v) is 5.27. The first-order chi connectivity index (χ1) is 14.8. The summed E-state index contributed by atoms with van der Waals surface area (Å²) in [6.07, 6.45) is 3.38. The van der Waals surface area contributed by atoms with Gasteiger partial charge in [-0.05, 0) is 57.7 Å². The molecule has 0 bridgehead atoms. The van der Waals surface area contributed by atoms with Crippen LogP contribution in [0.25, 0.3) is 0 Å². The van der Waals surface area contributed by atoms with E-state index in [1.165, 1.54) is 0 Å². The zero-order chi connectivity index (χ0) is 22.4. The number of rotatable bonds is 7. The maximum absolute atomic E-state index is 12.4. The average Bonchev–Trinajstić information content (AvgIpc) is 3.46. The first-order valence-electron chi connectivity index (χ1n) is 11.1. The molecule has 0 unspecified atom stereocenters. The number of nitrogens with one attached hydrogen (secondary N) is 2. The minimum absolute atomic E-state index is 0.196. The van der Waals surface area contributed by atoms with Crippen molar-refractivity contribution in [3.8, 4) is 0 Å². The lowest BCUT2D eigenvalue weighted by atomic mass is 10.2. The number of carbonyl (C=O) groups is 2. The lowest BCUT2D eigenvalue weighted by molar-refractivity contribution is -0.117. The number of carbonyl (C=O) groups excluding carboxylic acids is 2. The van der Waals surface area contributed by atoms with E-state index in [9.17, 15) is 9.59 Å². The van der Waals surface area contributed by atoms with E-state index in [1.54, 1.807) is 7.05 Å². The zero-order valence-corrected chi connectivity index (χ0v) is 19.1. The van der Waals surface area contributed by atoms with Crippen LogP contribution in [0.2, 0.25) is 0 Å². The van der Waals surface area contributed by atoms with Crippen molar-refractivity contribution >= 4 is 23.6 Å². The van der Waals surface area contributed by atoms with Crippen molar-refractivity contribution in [2.24, 2.45) is 4.99 Å². The van der Waals surface area contributed by atoms with Crippen molar-refractivity contribution in [3.05, 3.63) is 29.8 Å². The van der Waals surface area contributed by atoms with Gasteiger partial charge in [0.15, 0.2) is 5.96 Å². The standard InChI is InChI=1S/C23H35N5O3/c1-23(2,3)31-22(30)28(19-11-12-19)15-13-25-21(24-4)26-16-17-7-9-18(10-8-17)27-14-5-6-20(27)29/h7-10,19H,5-6,11-16H2,1-4H3,(H2,24,25,26). The molecule has 170 valence electrons. The maximum Gasteiger partial charge on any atom is 0.410 e. The van der Waals surface area contributed by atoms with Gasteiger partial charge < -0.3 is 25.2 Å². The second-order valence-corrected chi connectivity index (χ2v) is 9.07. The lowest BCUT2D eigenvalue weighted by Crippen LogP contribution is -2.45. The van der Waals surface area contributed by atoms with Crippen LogP contribution in [-0.4, -0.2) is 61.2 Å². The number of amides is 2. The summed E-state index contributed by atoms with van der Waals surface area (Å²) >= 11 is 0. The molecule has 8 heteroatoms. The fourth-order valence-electron chi connectivity index (χ4n) is 3.55. The normalized spacial score (nSPS) is 17.0. The number of nitrogens with zero attached hydrogens (tertiary/aromatic N) is 3. The van der Waals surface area contributed by atoms with Crippen LogP contribution < -0.4 is 15.5 Å². The van der Waals surface area contributed by atoms with Crippen molar-refractivity contribution in [1.29, 1.82) is 0 Å². The molecule has 0 spiro atoms. The Kier molecular flexibility index (Phi) is 7.41. The summed E-state index contributed by atoms with van der Waals surface area (Å²) in [6, 6.07) is 8.32. The highest BCUT2D eigenvalue weighted by Crippen LogP contribution is 2.28. The van der Waals surface area contributed by atoms with Crippen LogP contribution in [0, 0.1) is 0 Å². The zero-order valence-electron chi connectivity index (χ0n) is 19.1. The van der Waals surface area contributed by atoms with E-state index < -0.39 is 5.60 Å². The number of ether oxygens (including phenoxy) is 1. The molecule has 1 saturated heterocycles. The van der Waals surface area contributed by atoms with Gasteiger partial charge in [-0.1, -0.05) is 12.1 Å². The molecule has 0 atom stereocenters. The summed E-state index contributed by atoms with van der Waals surface area (Å²) in [4.78, 5) is 32.2. The number of guanidine groups is 1. The minimum Gasteiger partial charge on any atom is -0.444 e. The van der Waals surface area contributed by atoms with E-state index in [0.29, 0.717) is 32.0 Å². The summed E-state index contributed by atoms with van der Waals surface area (Å²) in [7, 11) is 1.73. The van der Waals surface area contributed by atoms with Gasteiger partial charge >= 0.3 is 6.09 Å². The Morgan fingerprint density at radius 2 is 1.94 bits per heavy atom. The fraction of sp³-hybridized carbons (Fsp3) is 0.609. The minimum atomic E-state index is -0.493. The van der Waals surface area contributed by atoms with Gasteiger partial charge in [0.1, 0.15) is 5.60 Å². The van der Waals surface area contributed by atoms with E-state index in [4.69, 9.17) is 4.74 Å². The molecule has 2 N–H and O–H groups in total. The molecular weight excluding hydrogens is 394 g/mol. The Bertz CT molecular complexity index is 796. The third kappa shape index (κ3) is 6.87. The number of aliphatic imine (C=N–C) groups is 1. The predicted octanol–water partition coefficient (Wildman–Crippen LogP) is 2.88. The SMILES string of the molecule is CN=C(NCCN(C(=O)OC(C)(C)C)C1CC1)NCc1ccc(N2CCCC2=O)cc1. The Morgan fingerprint density at radius 3 is 2.48 bits per heavy atom. The van der Waals surface area contributed by atoms with Gasteiger partial charge in [-0.15, -0.1) is 0 Å². The van der Waals surface area contributed by atoms with E-state index in [1.807, 2.05) is 54.8 Å². The number of benzene rings is 1. The predicted molar refractivity (Wildman–Crippen MR) is 122 cm³/mol. The highest BCUT2D eigenvalue weighted by molar-refractivity contribution is 5.95. The lowest BCUT2D eigenvalue weighted by Gasteiger charge is -2.27. The van der Waals surface area contributed by atoms with Crippen molar-refractivity contribution in [2.45, 2.75) is 64.6 Å². The van der Waals surface area contributed by atoms with Crippen molar-refractivity contribution in [2.75, 3.05) is 31.6 Å². The molecule has 0 radical (unpaired) electrons. The largest absolute Gasteiger partial charge is 0.444 e. The van der Waals surface area contributed by atoms with Gasteiger partial charge in [-0.2, -0.15) is 0 Å². The molecule has 1 aliphatic carbocycles. The van der Waals surface area contributed by atoms with E-state index in [2.05, 4.69) is 15.6 Å². The summed E-state index contributed by atoms with van der Waals surface area (Å²) in [5, 5.41) is 6.56. The molecular formula is C23H35N5O3. The molecule has 31 heavy (non-hydrogen) atoms. The van der Waals surface area contributed by atoms with Crippen LogP contribution in [0.5, 0.6) is 0 Å². The summed E-state index contributed by atoms with van der Waals surface area (Å²) < 4.78 is 5.53. The van der Waals surface area contributed by atoms with Gasteiger partial charge in [0.05, 0.1) is 0 Å². The smallest absolute Gasteiger partial charge is 0.410 e. The second-order valence-electron chi connectivity index (χ2n) is 9.07.